The summed E-state index contributed by atoms with van der Waals surface area (Å²) in [6.07, 6.45) is 0. The number of hydrogen-bond donors (Lipinski definition) is 2. The minimum absolute atomic E-state index is 0.539. The average Bonchev–Trinajstić information content (AvgIpc) is 2.59. The van der Waals surface area contributed by atoms with Crippen LogP contribution in [-0.2, 0) is 0 Å². The van der Waals surface area contributed by atoms with Crippen LogP contribution in [0.25, 0.3) is 0 Å². The molecule has 0 aliphatic heterocycles. The van der Waals surface area contributed by atoms with Crippen LogP contribution < -0.4 is 10.6 Å². The fourth-order valence-electron chi connectivity index (χ4n) is 2.04. The van der Waals surface area contributed by atoms with E-state index in [-0.39, 0.29) is 0 Å². The fourth-order valence-corrected chi connectivity index (χ4v) is 2.52. The van der Waals surface area contributed by atoms with Gasteiger partial charge in [0.15, 0.2) is 0 Å². The molecule has 24 heavy (non-hydrogen) atoms. The number of hydrogen-bond acceptors (Lipinski definition) is 3. The van der Waals surface area contributed by atoms with Crippen LogP contribution in [0.15, 0.2) is 66.7 Å². The average molecular weight is 374 g/mol. The highest BCUT2D eigenvalue weighted by Gasteiger charge is 2.05. The molecule has 6 heteroatoms. The molecule has 1 aromatic heterocycles. The number of anilines is 3. The van der Waals surface area contributed by atoms with E-state index in [4.69, 9.17) is 35.4 Å². The van der Waals surface area contributed by atoms with Crippen molar-refractivity contribution < 1.29 is 0 Å². The third-order valence-electron chi connectivity index (χ3n) is 3.20. The van der Waals surface area contributed by atoms with Crippen molar-refractivity contribution in [1.29, 1.82) is 0 Å². The van der Waals surface area contributed by atoms with E-state index in [0.717, 1.165) is 11.4 Å². The van der Waals surface area contributed by atoms with Gasteiger partial charge in [-0.2, -0.15) is 0 Å². The highest BCUT2D eigenvalue weighted by molar-refractivity contribution is 7.81. The Morgan fingerprint density at radius 2 is 1.38 bits per heavy atom. The zero-order valence-electron chi connectivity index (χ0n) is 12.5. The van der Waals surface area contributed by atoms with Gasteiger partial charge in [-0.05, 0) is 60.7 Å². The lowest BCUT2D eigenvalue weighted by Crippen LogP contribution is -2.12. The van der Waals surface area contributed by atoms with E-state index in [1.807, 2.05) is 54.6 Å². The molecule has 3 aromatic rings. The number of halogens is 2. The molecular formula is C18H13Cl2N3S. The Morgan fingerprint density at radius 1 is 0.792 bits per heavy atom. The maximum absolute atomic E-state index is 5.89. The molecule has 0 bridgehead atoms. The van der Waals surface area contributed by atoms with E-state index >= 15 is 0 Å². The maximum atomic E-state index is 5.89. The van der Waals surface area contributed by atoms with Crippen LogP contribution in [0.1, 0.15) is 5.69 Å². The number of thiocarbonyl (C=S) groups is 1. The summed E-state index contributed by atoms with van der Waals surface area (Å²) in [5.74, 6) is 0.704. The summed E-state index contributed by atoms with van der Waals surface area (Å²) in [6, 6.07) is 20.4. The van der Waals surface area contributed by atoms with E-state index < -0.39 is 0 Å². The van der Waals surface area contributed by atoms with E-state index in [0.29, 0.717) is 26.5 Å². The second-order valence-electron chi connectivity index (χ2n) is 5.00. The van der Waals surface area contributed by atoms with E-state index in [1.165, 1.54) is 0 Å². The minimum Gasteiger partial charge on any atom is -0.345 e. The summed E-state index contributed by atoms with van der Waals surface area (Å²) in [5.41, 5.74) is 2.45. The number of nitrogens with zero attached hydrogens (tertiary/aromatic N) is 1. The van der Waals surface area contributed by atoms with E-state index in [2.05, 4.69) is 15.6 Å². The molecule has 2 N–H and O–H groups in total. The molecule has 0 atom stereocenters. The highest BCUT2D eigenvalue weighted by Crippen LogP contribution is 2.19. The van der Waals surface area contributed by atoms with Crippen molar-refractivity contribution in [2.45, 2.75) is 0 Å². The van der Waals surface area contributed by atoms with Gasteiger partial charge in [0, 0.05) is 21.4 Å². The molecule has 0 amide bonds. The van der Waals surface area contributed by atoms with Crippen LogP contribution in [0.2, 0.25) is 10.0 Å². The maximum Gasteiger partial charge on any atom is 0.131 e. The second kappa shape index (κ2) is 7.62. The number of nitrogens with one attached hydrogen (secondary N) is 2. The standard InChI is InChI=1S/C18H13Cl2N3S/c19-12-4-8-14(9-5-12)21-17-3-1-2-16(23-17)18(24)22-15-10-6-13(20)7-11-15/h1-11H,(H,21,23)(H,22,24). The molecule has 0 unspecified atom stereocenters. The van der Waals surface area contributed by atoms with Gasteiger partial charge in [0.05, 0.1) is 0 Å². The van der Waals surface area contributed by atoms with Gasteiger partial charge in [-0.1, -0.05) is 41.5 Å². The highest BCUT2D eigenvalue weighted by atomic mass is 35.5. The van der Waals surface area contributed by atoms with Crippen LogP contribution in [0.5, 0.6) is 0 Å². The third-order valence-corrected chi connectivity index (χ3v) is 4.02. The van der Waals surface area contributed by atoms with Gasteiger partial charge in [-0.15, -0.1) is 0 Å². The molecule has 0 aliphatic rings. The molecule has 120 valence electrons. The Kier molecular flexibility index (Phi) is 5.30. The van der Waals surface area contributed by atoms with Crippen LogP contribution in [0, 0.1) is 0 Å². The first-order chi connectivity index (χ1) is 11.6. The lowest BCUT2D eigenvalue weighted by Gasteiger charge is -2.10. The predicted molar refractivity (Wildman–Crippen MR) is 106 cm³/mol. The molecular weight excluding hydrogens is 361 g/mol. The fraction of sp³-hybridized carbons (Fsp3) is 0. The molecule has 3 rings (SSSR count). The van der Waals surface area contributed by atoms with Crippen LogP contribution in [0.4, 0.5) is 17.2 Å². The molecule has 1 heterocycles. The molecule has 3 nitrogen and oxygen atoms in total. The third kappa shape index (κ3) is 4.45. The van der Waals surface area contributed by atoms with Crippen molar-refractivity contribution in [2.75, 3.05) is 10.6 Å². The SMILES string of the molecule is S=C(Nc1ccc(Cl)cc1)c1cccc(Nc2ccc(Cl)cc2)n1. The van der Waals surface area contributed by atoms with Crippen molar-refractivity contribution in [3.05, 3.63) is 82.5 Å². The van der Waals surface area contributed by atoms with Gasteiger partial charge >= 0.3 is 0 Å². The number of aromatic nitrogens is 1. The van der Waals surface area contributed by atoms with Crippen LogP contribution in [-0.4, -0.2) is 9.97 Å². The molecule has 0 fully saturated rings. The predicted octanol–water partition coefficient (Wildman–Crippen LogP) is 5.92. The summed E-state index contributed by atoms with van der Waals surface area (Å²) in [6.45, 7) is 0. The molecule has 0 aliphatic carbocycles. The van der Waals surface area contributed by atoms with Crippen LogP contribution >= 0.6 is 35.4 Å². The summed E-state index contributed by atoms with van der Waals surface area (Å²) < 4.78 is 0. The Hall–Kier alpha value is -2.14. The number of rotatable bonds is 4. The smallest absolute Gasteiger partial charge is 0.131 e. The van der Waals surface area contributed by atoms with E-state index in [1.54, 1.807) is 12.1 Å². The first-order valence-electron chi connectivity index (χ1n) is 7.17. The molecule has 2 aromatic carbocycles. The first kappa shape index (κ1) is 16.7. The monoisotopic (exact) mass is 373 g/mol. The Labute approximate surface area is 155 Å². The van der Waals surface area contributed by atoms with Gasteiger partial charge in [-0.25, -0.2) is 4.98 Å². The summed E-state index contributed by atoms with van der Waals surface area (Å²) in [4.78, 5) is 5.07. The van der Waals surface area contributed by atoms with Crippen molar-refractivity contribution in [1.82, 2.24) is 4.98 Å². The molecule has 0 spiro atoms. The molecule has 0 saturated carbocycles. The van der Waals surface area contributed by atoms with Crippen molar-refractivity contribution in [3.63, 3.8) is 0 Å². The summed E-state index contributed by atoms with van der Waals surface area (Å²) in [7, 11) is 0. The quantitative estimate of drug-likeness (QED) is 0.556. The first-order valence-corrected chi connectivity index (χ1v) is 8.33. The lowest BCUT2D eigenvalue weighted by atomic mass is 10.3. The minimum atomic E-state index is 0.539. The zero-order valence-corrected chi connectivity index (χ0v) is 14.8. The van der Waals surface area contributed by atoms with E-state index in [9.17, 15) is 0 Å². The summed E-state index contributed by atoms with van der Waals surface area (Å²) in [5, 5.41) is 7.74. The summed E-state index contributed by atoms with van der Waals surface area (Å²) >= 11 is 17.2. The number of pyridine rings is 1. The zero-order chi connectivity index (χ0) is 16.9. The second-order valence-corrected chi connectivity index (χ2v) is 6.28. The Balaban J connectivity index is 1.73. The van der Waals surface area contributed by atoms with Crippen molar-refractivity contribution in [2.24, 2.45) is 0 Å². The van der Waals surface area contributed by atoms with Crippen molar-refractivity contribution in [3.8, 4) is 0 Å². The van der Waals surface area contributed by atoms with Gasteiger partial charge in [-0.3, -0.25) is 0 Å². The van der Waals surface area contributed by atoms with Gasteiger partial charge in [0.1, 0.15) is 16.5 Å². The van der Waals surface area contributed by atoms with Crippen molar-refractivity contribution >= 4 is 57.6 Å². The van der Waals surface area contributed by atoms with Crippen LogP contribution in [0.3, 0.4) is 0 Å². The molecule has 0 radical (unpaired) electrons. The Bertz CT molecular complexity index is 849. The topological polar surface area (TPSA) is 37.0 Å². The van der Waals surface area contributed by atoms with Gasteiger partial charge in [0.25, 0.3) is 0 Å². The lowest BCUT2D eigenvalue weighted by molar-refractivity contribution is 1.28. The molecule has 0 saturated heterocycles. The van der Waals surface area contributed by atoms with Gasteiger partial charge in [0.2, 0.25) is 0 Å². The largest absolute Gasteiger partial charge is 0.345 e. The normalized spacial score (nSPS) is 10.2. The number of benzene rings is 2. The Morgan fingerprint density at radius 3 is 2.00 bits per heavy atom. The van der Waals surface area contributed by atoms with Gasteiger partial charge < -0.3 is 10.6 Å².